The van der Waals surface area contributed by atoms with Gasteiger partial charge in [0.05, 0.1) is 37.3 Å². The first-order valence-electron chi connectivity index (χ1n) is 18.2. The maximum Gasteiger partial charge on any atom is 0.408 e. The van der Waals surface area contributed by atoms with E-state index in [9.17, 15) is 29.4 Å². The fourth-order valence-corrected chi connectivity index (χ4v) is 7.56. The van der Waals surface area contributed by atoms with E-state index < -0.39 is 30.3 Å². The molecule has 2 saturated heterocycles. The zero-order valence-corrected chi connectivity index (χ0v) is 31.1. The van der Waals surface area contributed by atoms with Crippen LogP contribution in [-0.4, -0.2) is 56.9 Å². The van der Waals surface area contributed by atoms with Crippen LogP contribution in [-0.2, 0) is 43.6 Å². The Balaban J connectivity index is 1.00. The summed E-state index contributed by atoms with van der Waals surface area (Å²) in [7, 11) is 0. The van der Waals surface area contributed by atoms with Gasteiger partial charge in [-0.05, 0) is 63.7 Å². The van der Waals surface area contributed by atoms with Crippen molar-refractivity contribution in [2.24, 2.45) is 0 Å². The van der Waals surface area contributed by atoms with Crippen molar-refractivity contribution in [2.75, 3.05) is 5.75 Å². The van der Waals surface area contributed by atoms with Gasteiger partial charge in [0.25, 0.3) is 5.91 Å². The summed E-state index contributed by atoms with van der Waals surface area (Å²) in [5.74, 6) is -1.20. The van der Waals surface area contributed by atoms with Gasteiger partial charge >= 0.3 is 12.1 Å². The van der Waals surface area contributed by atoms with Gasteiger partial charge < -0.3 is 29.7 Å². The minimum absolute atomic E-state index is 0.0485. The van der Waals surface area contributed by atoms with Crippen LogP contribution in [0.2, 0.25) is 0 Å². The summed E-state index contributed by atoms with van der Waals surface area (Å²) in [5.41, 5.74) is 6.22. The lowest BCUT2D eigenvalue weighted by Gasteiger charge is -2.36. The number of hydrogen-bond acceptors (Lipinski definition) is 9. The van der Waals surface area contributed by atoms with Crippen LogP contribution in [0.25, 0.3) is 11.1 Å². The smallest absolute Gasteiger partial charge is 0.408 e. The molecule has 5 aromatic carbocycles. The Hall–Kier alpha value is -5.79. The van der Waals surface area contributed by atoms with Crippen LogP contribution in [0.3, 0.4) is 0 Å². The minimum Gasteiger partial charge on any atom is -0.478 e. The van der Waals surface area contributed by atoms with Gasteiger partial charge in [0.15, 0.2) is 6.29 Å². The monoisotopic (exact) mass is 772 g/mol. The highest BCUT2D eigenvalue weighted by Gasteiger charge is 2.40. The lowest BCUT2D eigenvalue weighted by Crippen LogP contribution is -2.41. The van der Waals surface area contributed by atoms with Gasteiger partial charge in [-0.15, -0.1) is 11.8 Å². The van der Waals surface area contributed by atoms with Crippen molar-refractivity contribution in [1.29, 1.82) is 0 Å². The molecule has 0 aromatic heterocycles. The molecular weight excluding hydrogens is 733 g/mol. The second-order valence-electron chi connectivity index (χ2n) is 13.6. The average molecular weight is 773 g/mol. The third kappa shape index (κ3) is 9.53. The number of carbonyl (C=O) groups is 4. The van der Waals surface area contributed by atoms with Crippen molar-refractivity contribution in [3.05, 3.63) is 161 Å². The summed E-state index contributed by atoms with van der Waals surface area (Å²) in [6.45, 7) is 0.0655. The molecule has 56 heavy (non-hydrogen) atoms. The highest BCUT2D eigenvalue weighted by molar-refractivity contribution is 7.99. The van der Waals surface area contributed by atoms with Crippen molar-refractivity contribution < 1.29 is 43.6 Å². The molecule has 2 aliphatic heterocycles. The number of benzene rings is 5. The lowest BCUT2D eigenvalue weighted by molar-refractivity contribution is -0.245. The van der Waals surface area contributed by atoms with Crippen LogP contribution >= 0.6 is 11.8 Å². The van der Waals surface area contributed by atoms with Crippen LogP contribution in [0, 0.1) is 0 Å². The van der Waals surface area contributed by atoms with Gasteiger partial charge in [0.2, 0.25) is 5.91 Å². The Morgan fingerprint density at radius 2 is 1.50 bits per heavy atom. The highest BCUT2D eigenvalue weighted by atomic mass is 32.2. The Labute approximate surface area is 328 Å². The number of alkyl carbamates (subject to hydrolysis) is 1. The number of imide groups is 1. The summed E-state index contributed by atoms with van der Waals surface area (Å²) in [6, 6.07) is 38.1. The molecule has 11 nitrogen and oxygen atoms in total. The Kier molecular flexibility index (Phi) is 12.2. The standard InChI is InChI=1S/C44H40N2O9S/c47-25-28-9-11-32(12-10-28)39-22-36(27-56-37-19-17-33(18-20-37)42(50)51)54-43(55-39)34-15-13-31(14-16-34)35-8-4-7-30(21-35)24-46-40(48)23-38(41(46)49)45-44(52)53-26-29-5-2-1-3-6-29/h1-21,36,38-39,43,47H,22-27H2,(H,45,52)(H,50,51). The lowest BCUT2D eigenvalue weighted by atomic mass is 9.99. The van der Waals surface area contributed by atoms with Gasteiger partial charge in [-0.2, -0.15) is 0 Å². The molecule has 0 bridgehead atoms. The third-order valence-electron chi connectivity index (χ3n) is 9.68. The van der Waals surface area contributed by atoms with Crippen molar-refractivity contribution >= 4 is 35.6 Å². The van der Waals surface area contributed by atoms with E-state index in [1.54, 1.807) is 36.0 Å². The maximum absolute atomic E-state index is 13.2. The molecule has 5 aromatic rings. The number of carboxylic acids is 1. The quantitative estimate of drug-likeness (QED) is 0.0814. The van der Waals surface area contributed by atoms with E-state index >= 15 is 0 Å². The van der Waals surface area contributed by atoms with Gasteiger partial charge in [-0.1, -0.05) is 97.1 Å². The first kappa shape index (κ1) is 38.5. The molecule has 286 valence electrons. The van der Waals surface area contributed by atoms with Gasteiger partial charge in [-0.25, -0.2) is 9.59 Å². The second kappa shape index (κ2) is 17.8. The summed E-state index contributed by atoms with van der Waals surface area (Å²) in [6.07, 6.45) is -1.39. The highest BCUT2D eigenvalue weighted by Crippen LogP contribution is 2.40. The number of thioether (sulfide) groups is 1. The number of aliphatic hydroxyl groups is 1. The molecular formula is C44H40N2O9S. The molecule has 4 atom stereocenters. The van der Waals surface area contributed by atoms with Crippen LogP contribution in [0.15, 0.2) is 132 Å². The normalized spacial score (nSPS) is 19.5. The molecule has 2 aliphatic rings. The number of aliphatic hydroxyl groups excluding tert-OH is 1. The third-order valence-corrected chi connectivity index (χ3v) is 10.8. The number of carbonyl (C=O) groups excluding carboxylic acids is 3. The minimum atomic E-state index is -0.992. The predicted octanol–water partition coefficient (Wildman–Crippen LogP) is 7.44. The average Bonchev–Trinajstić information content (AvgIpc) is 3.49. The van der Waals surface area contributed by atoms with Gasteiger partial charge in [0, 0.05) is 22.6 Å². The molecule has 0 aliphatic carbocycles. The fraction of sp³-hybridized carbons (Fsp3) is 0.227. The zero-order valence-electron chi connectivity index (χ0n) is 30.3. The van der Waals surface area contributed by atoms with Gasteiger partial charge in [-0.3, -0.25) is 14.5 Å². The summed E-state index contributed by atoms with van der Waals surface area (Å²) < 4.78 is 18.3. The summed E-state index contributed by atoms with van der Waals surface area (Å²) in [5, 5.41) is 21.3. The molecule has 0 radical (unpaired) electrons. The second-order valence-corrected chi connectivity index (χ2v) is 14.7. The topological polar surface area (TPSA) is 152 Å². The number of rotatable bonds is 13. The molecule has 0 saturated carbocycles. The summed E-state index contributed by atoms with van der Waals surface area (Å²) >= 11 is 1.59. The Morgan fingerprint density at radius 3 is 2.21 bits per heavy atom. The van der Waals surface area contributed by atoms with E-state index in [0.29, 0.717) is 12.2 Å². The van der Waals surface area contributed by atoms with E-state index in [2.05, 4.69) is 5.32 Å². The first-order valence-corrected chi connectivity index (χ1v) is 19.2. The van der Waals surface area contributed by atoms with Crippen LogP contribution < -0.4 is 5.32 Å². The molecule has 4 unspecified atom stereocenters. The van der Waals surface area contributed by atoms with Crippen molar-refractivity contribution in [3.8, 4) is 11.1 Å². The van der Waals surface area contributed by atoms with Crippen LogP contribution in [0.5, 0.6) is 0 Å². The maximum atomic E-state index is 13.2. The largest absolute Gasteiger partial charge is 0.478 e. The number of likely N-dealkylation sites (tertiary alicyclic amines) is 1. The number of amides is 3. The number of hydrogen-bond donors (Lipinski definition) is 3. The van der Waals surface area contributed by atoms with Crippen molar-refractivity contribution in [3.63, 3.8) is 0 Å². The Bertz CT molecular complexity index is 2160. The fourth-order valence-electron chi connectivity index (χ4n) is 6.64. The number of nitrogens with zero attached hydrogens (tertiary/aromatic N) is 1. The molecule has 12 heteroatoms. The van der Waals surface area contributed by atoms with E-state index in [1.807, 2.05) is 103 Å². The number of carboxylic acid groups (broad SMARTS) is 1. The molecule has 7 rings (SSSR count). The molecule has 0 spiro atoms. The van der Waals surface area contributed by atoms with E-state index in [1.165, 1.54) is 0 Å². The molecule has 3 N–H and O–H groups in total. The number of nitrogens with one attached hydrogen (secondary N) is 1. The van der Waals surface area contributed by atoms with Crippen molar-refractivity contribution in [1.82, 2.24) is 10.2 Å². The van der Waals surface area contributed by atoms with E-state index in [0.717, 1.165) is 48.7 Å². The summed E-state index contributed by atoms with van der Waals surface area (Å²) in [4.78, 5) is 51.8. The number of ether oxygens (including phenoxy) is 3. The van der Waals surface area contributed by atoms with Crippen molar-refractivity contribution in [2.45, 2.75) is 62.0 Å². The van der Waals surface area contributed by atoms with E-state index in [-0.39, 0.29) is 49.9 Å². The Morgan fingerprint density at radius 1 is 0.786 bits per heavy atom. The predicted molar refractivity (Wildman–Crippen MR) is 208 cm³/mol. The van der Waals surface area contributed by atoms with E-state index in [4.69, 9.17) is 14.2 Å². The molecule has 2 fully saturated rings. The van der Waals surface area contributed by atoms with Gasteiger partial charge in [0.1, 0.15) is 12.6 Å². The zero-order chi connectivity index (χ0) is 39.0. The number of aromatic carboxylic acids is 1. The SMILES string of the molecule is O=C(NC1CC(=O)N(Cc2cccc(-c3ccc(C4OC(CSc5ccc(C(=O)O)cc5)CC(c5ccc(CO)cc5)O4)cc3)c2)C1=O)OCc1ccccc1. The first-order chi connectivity index (χ1) is 27.2. The molecule has 3 amide bonds. The van der Waals surface area contributed by atoms with Crippen LogP contribution in [0.4, 0.5) is 4.79 Å². The van der Waals surface area contributed by atoms with Crippen LogP contribution in [0.1, 0.15) is 63.4 Å². The molecule has 2 heterocycles.